The monoisotopic (exact) mass is 139 g/mol. The Hall–Kier alpha value is -0.830. The molecule has 3 nitrogen and oxygen atoms in total. The number of hydrogen-bond donors (Lipinski definition) is 1. The van der Waals surface area contributed by atoms with Crippen molar-refractivity contribution in [3.8, 4) is 0 Å². The van der Waals surface area contributed by atoms with Gasteiger partial charge in [-0.2, -0.15) is 5.10 Å². The number of hydrogen-bond acceptors (Lipinski definition) is 2. The first-order chi connectivity index (χ1) is 4.68. The van der Waals surface area contributed by atoms with Crippen molar-refractivity contribution in [3.05, 3.63) is 18.0 Å². The van der Waals surface area contributed by atoms with Gasteiger partial charge >= 0.3 is 0 Å². The largest absolute Gasteiger partial charge is 0.328 e. The van der Waals surface area contributed by atoms with Crippen molar-refractivity contribution in [2.24, 2.45) is 12.8 Å². The Morgan fingerprint density at radius 2 is 2.50 bits per heavy atom. The highest BCUT2D eigenvalue weighted by Crippen LogP contribution is 1.98. The number of nitrogens with two attached hydrogens (primary N) is 1. The molecular formula is C7H13N3. The SMILES string of the molecule is CC(N)Cc1cnn(C)c1. The molecular weight excluding hydrogens is 126 g/mol. The van der Waals surface area contributed by atoms with E-state index in [2.05, 4.69) is 5.10 Å². The third-order valence-corrected chi connectivity index (χ3v) is 1.32. The fourth-order valence-corrected chi connectivity index (χ4v) is 0.949. The van der Waals surface area contributed by atoms with Crippen molar-refractivity contribution >= 4 is 0 Å². The molecule has 1 rings (SSSR count). The van der Waals surface area contributed by atoms with Crippen LogP contribution in [0.2, 0.25) is 0 Å². The molecule has 0 aliphatic carbocycles. The zero-order valence-corrected chi connectivity index (χ0v) is 6.41. The van der Waals surface area contributed by atoms with Crippen molar-refractivity contribution in [1.29, 1.82) is 0 Å². The summed E-state index contributed by atoms with van der Waals surface area (Å²) in [5.41, 5.74) is 6.80. The van der Waals surface area contributed by atoms with E-state index >= 15 is 0 Å². The summed E-state index contributed by atoms with van der Waals surface area (Å²) in [6.45, 7) is 1.99. The molecule has 0 spiro atoms. The van der Waals surface area contributed by atoms with Gasteiger partial charge in [-0.3, -0.25) is 4.68 Å². The molecule has 0 bridgehead atoms. The Balaban J connectivity index is 2.58. The average Bonchev–Trinajstić information content (AvgIpc) is 2.13. The number of aromatic nitrogens is 2. The number of rotatable bonds is 2. The summed E-state index contributed by atoms with van der Waals surface area (Å²) in [6, 6.07) is 0.226. The van der Waals surface area contributed by atoms with Crippen LogP contribution in [0.3, 0.4) is 0 Å². The van der Waals surface area contributed by atoms with Gasteiger partial charge in [0.2, 0.25) is 0 Å². The van der Waals surface area contributed by atoms with Crippen molar-refractivity contribution < 1.29 is 0 Å². The van der Waals surface area contributed by atoms with Crippen molar-refractivity contribution in [2.75, 3.05) is 0 Å². The van der Waals surface area contributed by atoms with Crippen LogP contribution in [0.5, 0.6) is 0 Å². The second-order valence-electron chi connectivity index (χ2n) is 2.70. The highest BCUT2D eigenvalue weighted by atomic mass is 15.2. The standard InChI is InChI=1S/C7H13N3/c1-6(8)3-7-4-9-10(2)5-7/h4-6H,3,8H2,1-2H3. The fraction of sp³-hybridized carbons (Fsp3) is 0.571. The van der Waals surface area contributed by atoms with Gasteiger partial charge in [0, 0.05) is 19.3 Å². The lowest BCUT2D eigenvalue weighted by atomic mass is 10.1. The third-order valence-electron chi connectivity index (χ3n) is 1.32. The van der Waals surface area contributed by atoms with E-state index in [1.165, 1.54) is 5.56 Å². The average molecular weight is 139 g/mol. The highest BCUT2D eigenvalue weighted by molar-refractivity contribution is 5.04. The van der Waals surface area contributed by atoms with Gasteiger partial charge in [0.05, 0.1) is 6.20 Å². The number of aryl methyl sites for hydroxylation is 1. The second-order valence-corrected chi connectivity index (χ2v) is 2.70. The van der Waals surface area contributed by atoms with Crippen LogP contribution in [-0.4, -0.2) is 15.8 Å². The molecule has 3 heteroatoms. The Morgan fingerprint density at radius 1 is 1.80 bits per heavy atom. The molecule has 56 valence electrons. The summed E-state index contributed by atoms with van der Waals surface area (Å²) < 4.78 is 1.79. The molecule has 0 saturated heterocycles. The minimum Gasteiger partial charge on any atom is -0.328 e. The normalized spacial score (nSPS) is 13.5. The van der Waals surface area contributed by atoms with E-state index in [1.54, 1.807) is 4.68 Å². The van der Waals surface area contributed by atoms with E-state index < -0.39 is 0 Å². The summed E-state index contributed by atoms with van der Waals surface area (Å²) in [7, 11) is 1.91. The topological polar surface area (TPSA) is 43.8 Å². The summed E-state index contributed by atoms with van der Waals surface area (Å²) in [5.74, 6) is 0. The van der Waals surface area contributed by atoms with Crippen LogP contribution in [0.4, 0.5) is 0 Å². The van der Waals surface area contributed by atoms with Gasteiger partial charge in [-0.15, -0.1) is 0 Å². The summed E-state index contributed by atoms with van der Waals surface area (Å²) in [4.78, 5) is 0. The highest BCUT2D eigenvalue weighted by Gasteiger charge is 1.98. The van der Waals surface area contributed by atoms with Crippen LogP contribution in [0.25, 0.3) is 0 Å². The lowest BCUT2D eigenvalue weighted by Gasteiger charge is -1.99. The van der Waals surface area contributed by atoms with E-state index in [0.717, 1.165) is 6.42 Å². The van der Waals surface area contributed by atoms with Crippen LogP contribution in [-0.2, 0) is 13.5 Å². The van der Waals surface area contributed by atoms with Crippen molar-refractivity contribution in [2.45, 2.75) is 19.4 Å². The Bertz CT molecular complexity index is 202. The Morgan fingerprint density at radius 3 is 2.90 bits per heavy atom. The molecule has 1 aromatic heterocycles. The quantitative estimate of drug-likeness (QED) is 0.640. The summed E-state index contributed by atoms with van der Waals surface area (Å²) >= 11 is 0. The zero-order chi connectivity index (χ0) is 7.56. The summed E-state index contributed by atoms with van der Waals surface area (Å²) in [6.07, 6.45) is 4.75. The van der Waals surface area contributed by atoms with Gasteiger partial charge in [-0.05, 0) is 18.9 Å². The predicted molar refractivity (Wildman–Crippen MR) is 40.6 cm³/mol. The Labute approximate surface area is 60.8 Å². The maximum Gasteiger partial charge on any atom is 0.0522 e. The predicted octanol–water partition coefficient (Wildman–Crippen LogP) is 0.310. The maximum absolute atomic E-state index is 5.60. The van der Waals surface area contributed by atoms with Crippen LogP contribution in [0.15, 0.2) is 12.4 Å². The van der Waals surface area contributed by atoms with Gasteiger partial charge in [0.15, 0.2) is 0 Å². The zero-order valence-electron chi connectivity index (χ0n) is 6.41. The number of nitrogens with zero attached hydrogens (tertiary/aromatic N) is 2. The minimum atomic E-state index is 0.226. The smallest absolute Gasteiger partial charge is 0.0522 e. The molecule has 1 heterocycles. The first-order valence-electron chi connectivity index (χ1n) is 3.41. The first-order valence-corrected chi connectivity index (χ1v) is 3.41. The van der Waals surface area contributed by atoms with Crippen LogP contribution < -0.4 is 5.73 Å². The van der Waals surface area contributed by atoms with Gasteiger partial charge < -0.3 is 5.73 Å². The van der Waals surface area contributed by atoms with E-state index in [9.17, 15) is 0 Å². The fourth-order valence-electron chi connectivity index (χ4n) is 0.949. The van der Waals surface area contributed by atoms with Crippen molar-refractivity contribution in [1.82, 2.24) is 9.78 Å². The van der Waals surface area contributed by atoms with Crippen LogP contribution >= 0.6 is 0 Å². The molecule has 1 unspecified atom stereocenters. The second kappa shape index (κ2) is 2.84. The molecule has 0 amide bonds. The van der Waals surface area contributed by atoms with Crippen molar-refractivity contribution in [3.63, 3.8) is 0 Å². The molecule has 0 aromatic carbocycles. The lowest BCUT2D eigenvalue weighted by molar-refractivity contribution is 0.734. The molecule has 2 N–H and O–H groups in total. The van der Waals surface area contributed by atoms with E-state index in [1.807, 2.05) is 26.4 Å². The lowest BCUT2D eigenvalue weighted by Crippen LogP contribution is -2.17. The van der Waals surface area contributed by atoms with Gasteiger partial charge in [0.1, 0.15) is 0 Å². The van der Waals surface area contributed by atoms with E-state index in [0.29, 0.717) is 0 Å². The maximum atomic E-state index is 5.60. The Kier molecular flexibility index (Phi) is 2.06. The van der Waals surface area contributed by atoms with Gasteiger partial charge in [-0.25, -0.2) is 0 Å². The summed E-state index contributed by atoms with van der Waals surface area (Å²) in [5, 5.41) is 4.03. The van der Waals surface area contributed by atoms with Crippen LogP contribution in [0.1, 0.15) is 12.5 Å². The molecule has 1 aromatic rings. The van der Waals surface area contributed by atoms with E-state index in [-0.39, 0.29) is 6.04 Å². The van der Waals surface area contributed by atoms with E-state index in [4.69, 9.17) is 5.73 Å². The molecule has 0 aliphatic heterocycles. The molecule has 10 heavy (non-hydrogen) atoms. The molecule has 0 aliphatic rings. The third kappa shape index (κ3) is 1.84. The van der Waals surface area contributed by atoms with Gasteiger partial charge in [-0.1, -0.05) is 0 Å². The first kappa shape index (κ1) is 7.28. The van der Waals surface area contributed by atoms with Gasteiger partial charge in [0.25, 0.3) is 0 Å². The van der Waals surface area contributed by atoms with Crippen LogP contribution in [0, 0.1) is 0 Å². The molecule has 0 radical (unpaired) electrons. The molecule has 1 atom stereocenters. The minimum absolute atomic E-state index is 0.226. The molecule has 0 fully saturated rings. The molecule has 0 saturated carbocycles.